The van der Waals surface area contributed by atoms with Gasteiger partial charge in [-0.1, -0.05) is 83.5 Å². The zero-order valence-corrected chi connectivity index (χ0v) is 23.8. The molecule has 1 unspecified atom stereocenters. The van der Waals surface area contributed by atoms with Crippen LogP contribution in [0.1, 0.15) is 117 Å². The summed E-state index contributed by atoms with van der Waals surface area (Å²) in [5.74, 6) is -1.22. The molecule has 210 valence electrons. The molecule has 37 heavy (non-hydrogen) atoms. The monoisotopic (exact) mass is 536 g/mol. The Bertz CT molecular complexity index is 901. The Kier molecular flexibility index (Phi) is 12.2. The summed E-state index contributed by atoms with van der Waals surface area (Å²) in [5.41, 5.74) is 0.800. The third kappa shape index (κ3) is 10.9. The molecule has 1 saturated heterocycles. The molecule has 1 aliphatic heterocycles. The van der Waals surface area contributed by atoms with Crippen molar-refractivity contribution in [2.24, 2.45) is 0 Å². The van der Waals surface area contributed by atoms with Gasteiger partial charge < -0.3 is 14.8 Å². The zero-order chi connectivity index (χ0) is 26.6. The van der Waals surface area contributed by atoms with Crippen molar-refractivity contribution in [1.29, 1.82) is 0 Å². The fraction of sp³-hybridized carbons (Fsp3) is 0.759. The maximum absolute atomic E-state index is 13.2. The summed E-state index contributed by atoms with van der Waals surface area (Å²) in [6.45, 7) is 3.96. The molecule has 2 aliphatic rings. The lowest BCUT2D eigenvalue weighted by Crippen LogP contribution is -2.34. The van der Waals surface area contributed by atoms with Crippen LogP contribution in [0.2, 0.25) is 0 Å². The lowest BCUT2D eigenvalue weighted by atomic mass is 9.99. The number of esters is 1. The van der Waals surface area contributed by atoms with Crippen molar-refractivity contribution in [3.05, 3.63) is 24.3 Å². The third-order valence-electron chi connectivity index (χ3n) is 7.36. The van der Waals surface area contributed by atoms with Crippen molar-refractivity contribution >= 4 is 21.7 Å². The minimum atomic E-state index is -3.58. The molecule has 1 aliphatic carbocycles. The molecule has 3 rings (SSSR count). The van der Waals surface area contributed by atoms with Gasteiger partial charge in [0, 0.05) is 38.5 Å². The Morgan fingerprint density at radius 3 is 1.76 bits per heavy atom. The molecular weight excluding hydrogens is 488 g/mol. The van der Waals surface area contributed by atoms with Gasteiger partial charge in [-0.3, -0.25) is 0 Å². The van der Waals surface area contributed by atoms with E-state index in [1.54, 1.807) is 38.1 Å². The van der Waals surface area contributed by atoms with E-state index >= 15 is 0 Å². The minimum absolute atomic E-state index is 0.00822. The molecule has 2 fully saturated rings. The topological polar surface area (TPSA) is 93.7 Å². The van der Waals surface area contributed by atoms with Crippen molar-refractivity contribution in [3.8, 4) is 0 Å². The van der Waals surface area contributed by atoms with Crippen molar-refractivity contribution in [2.45, 2.75) is 139 Å². The molecular formula is C29H48N2O5S. The average Bonchev–Trinajstić information content (AvgIpc) is 3.11. The molecule has 0 bridgehead atoms. The van der Waals surface area contributed by atoms with Gasteiger partial charge in [0.25, 0.3) is 0 Å². The number of benzene rings is 1. The highest BCUT2D eigenvalue weighted by atomic mass is 32.2. The second-order valence-electron chi connectivity index (χ2n) is 11.2. The lowest BCUT2D eigenvalue weighted by molar-refractivity contribution is -0.160. The summed E-state index contributed by atoms with van der Waals surface area (Å²) in [6, 6.07) is 6.82. The van der Waals surface area contributed by atoms with Gasteiger partial charge in [0.1, 0.15) is 0 Å². The van der Waals surface area contributed by atoms with Crippen LogP contribution in [-0.2, 0) is 24.3 Å². The smallest absolute Gasteiger partial charge is 0.337 e. The van der Waals surface area contributed by atoms with Gasteiger partial charge >= 0.3 is 5.97 Å². The van der Waals surface area contributed by atoms with Crippen molar-refractivity contribution in [2.75, 3.05) is 11.9 Å². The summed E-state index contributed by atoms with van der Waals surface area (Å²) in [5, 5.41) is 3.23. The quantitative estimate of drug-likeness (QED) is 0.378. The Morgan fingerprint density at radius 2 is 1.30 bits per heavy atom. The average molecular weight is 537 g/mol. The number of carbonyl (C=O) groups is 1. The number of cyclic esters (lactones) is 1. The Balaban J connectivity index is 1.48. The summed E-state index contributed by atoms with van der Waals surface area (Å²) in [6.07, 6.45) is 18.1. The maximum atomic E-state index is 13.2. The Morgan fingerprint density at radius 1 is 0.811 bits per heavy atom. The van der Waals surface area contributed by atoms with Crippen LogP contribution in [0.5, 0.6) is 0 Å². The second-order valence-corrected chi connectivity index (χ2v) is 12.9. The molecule has 8 heteroatoms. The van der Waals surface area contributed by atoms with Crippen LogP contribution in [0.3, 0.4) is 0 Å². The van der Waals surface area contributed by atoms with Crippen LogP contribution in [-0.4, -0.2) is 38.9 Å². The highest BCUT2D eigenvalue weighted by Gasteiger charge is 2.40. The van der Waals surface area contributed by atoms with Gasteiger partial charge in [-0.2, -0.15) is 0 Å². The van der Waals surface area contributed by atoms with Gasteiger partial charge in [0.15, 0.2) is 6.10 Å². The number of rotatable bonds is 7. The van der Waals surface area contributed by atoms with E-state index in [1.165, 1.54) is 70.6 Å². The molecule has 0 aromatic heterocycles. The first-order valence-electron chi connectivity index (χ1n) is 14.5. The molecule has 1 atom stereocenters. The van der Waals surface area contributed by atoms with E-state index in [0.717, 1.165) is 31.4 Å². The Hall–Kier alpha value is -1.64. The second kappa shape index (κ2) is 15.1. The van der Waals surface area contributed by atoms with Crippen LogP contribution in [0.25, 0.3) is 0 Å². The van der Waals surface area contributed by atoms with E-state index in [-0.39, 0.29) is 16.9 Å². The number of hydrogen-bond acceptors (Lipinski definition) is 6. The van der Waals surface area contributed by atoms with Crippen molar-refractivity contribution < 1.29 is 22.7 Å². The van der Waals surface area contributed by atoms with Crippen LogP contribution in [0.15, 0.2) is 29.2 Å². The normalized spacial score (nSPS) is 23.4. The molecule has 7 nitrogen and oxygen atoms in total. The molecule has 1 aromatic carbocycles. The number of ether oxygens (including phenoxy) is 2. The molecule has 0 radical (unpaired) electrons. The van der Waals surface area contributed by atoms with Gasteiger partial charge in [-0.25, -0.2) is 17.9 Å². The molecule has 2 N–H and O–H groups in total. The van der Waals surface area contributed by atoms with E-state index in [1.807, 2.05) is 0 Å². The highest BCUT2D eigenvalue weighted by Crippen LogP contribution is 2.25. The molecule has 1 heterocycles. The first-order chi connectivity index (χ1) is 17.8. The summed E-state index contributed by atoms with van der Waals surface area (Å²) in [4.78, 5) is 12.2. The maximum Gasteiger partial charge on any atom is 0.337 e. The van der Waals surface area contributed by atoms with E-state index in [9.17, 15) is 13.2 Å². The summed E-state index contributed by atoms with van der Waals surface area (Å²) < 4.78 is 40.1. The fourth-order valence-corrected chi connectivity index (χ4v) is 6.58. The van der Waals surface area contributed by atoms with Crippen LogP contribution >= 0.6 is 0 Å². The summed E-state index contributed by atoms with van der Waals surface area (Å²) in [7, 11) is -3.58. The van der Waals surface area contributed by atoms with Gasteiger partial charge in [0.2, 0.25) is 15.8 Å². The molecule has 1 aromatic rings. The molecule has 0 spiro atoms. The van der Waals surface area contributed by atoms with Crippen molar-refractivity contribution in [1.82, 2.24) is 4.72 Å². The highest BCUT2D eigenvalue weighted by molar-refractivity contribution is 7.89. The zero-order valence-electron chi connectivity index (χ0n) is 22.9. The third-order valence-corrected chi connectivity index (χ3v) is 8.90. The number of sulfonamides is 1. The Labute approximate surface area is 224 Å². The van der Waals surface area contributed by atoms with Crippen molar-refractivity contribution in [3.63, 3.8) is 0 Å². The van der Waals surface area contributed by atoms with E-state index in [2.05, 4.69) is 10.0 Å². The fourth-order valence-electron chi connectivity index (χ4n) is 5.27. The first-order valence-corrected chi connectivity index (χ1v) is 16.0. The standard InChI is InChI=1S/C29H48N2O5S/c1-29(2)35-27(28(32)36-29)22-23-30-24-18-20-26(21-19-24)37(33,34)31-25-16-14-12-10-8-6-4-3-5-7-9-11-13-15-17-25/h18-21,25,27,30-31H,3-17,22-23H2,1-2H3. The van der Waals surface area contributed by atoms with Gasteiger partial charge in [-0.05, 0) is 37.1 Å². The van der Waals surface area contributed by atoms with Crippen LogP contribution in [0.4, 0.5) is 5.69 Å². The van der Waals surface area contributed by atoms with Gasteiger partial charge in [-0.15, -0.1) is 0 Å². The summed E-state index contributed by atoms with van der Waals surface area (Å²) >= 11 is 0. The predicted molar refractivity (Wildman–Crippen MR) is 148 cm³/mol. The predicted octanol–water partition coefficient (Wildman–Crippen LogP) is 6.68. The van der Waals surface area contributed by atoms with E-state index < -0.39 is 21.9 Å². The number of nitrogens with one attached hydrogen (secondary N) is 2. The first kappa shape index (κ1) is 29.9. The molecule has 1 saturated carbocycles. The van der Waals surface area contributed by atoms with Gasteiger partial charge in [0.05, 0.1) is 4.90 Å². The van der Waals surface area contributed by atoms with E-state index in [4.69, 9.17) is 9.47 Å². The van der Waals surface area contributed by atoms with E-state index in [0.29, 0.717) is 13.0 Å². The minimum Gasteiger partial charge on any atom is -0.432 e. The lowest BCUT2D eigenvalue weighted by Gasteiger charge is -2.19. The number of carbonyl (C=O) groups excluding carboxylic acids is 1. The number of hydrogen-bond donors (Lipinski definition) is 2. The SMILES string of the molecule is CC1(C)OC(=O)C(CCNc2ccc(S(=O)(=O)NC3CCCCCCCCCCCCCCC3)cc2)O1. The van der Waals surface area contributed by atoms with Crippen LogP contribution in [0, 0.1) is 0 Å². The number of anilines is 1. The largest absolute Gasteiger partial charge is 0.432 e. The van der Waals surface area contributed by atoms with Crippen LogP contribution < -0.4 is 10.0 Å². The molecule has 0 amide bonds.